The fourth-order valence-corrected chi connectivity index (χ4v) is 4.67. The predicted molar refractivity (Wildman–Crippen MR) is 71.0 cm³/mol. The third kappa shape index (κ3) is 3.66. The molecule has 18 heavy (non-hydrogen) atoms. The molecule has 5 nitrogen and oxygen atoms in total. The van der Waals surface area contributed by atoms with E-state index in [1.54, 1.807) is 11.4 Å². The van der Waals surface area contributed by atoms with E-state index in [0.717, 1.165) is 32.2 Å². The van der Waals surface area contributed by atoms with Gasteiger partial charge in [0.2, 0.25) is 10.0 Å². The molecule has 0 aromatic carbocycles. The van der Waals surface area contributed by atoms with Crippen LogP contribution in [0.25, 0.3) is 0 Å². The molecule has 2 fully saturated rings. The van der Waals surface area contributed by atoms with Gasteiger partial charge in [-0.05, 0) is 31.7 Å². The van der Waals surface area contributed by atoms with E-state index in [4.69, 9.17) is 4.74 Å². The van der Waals surface area contributed by atoms with Crippen LogP contribution in [0, 0.1) is 5.92 Å². The van der Waals surface area contributed by atoms with Crippen LogP contribution < -0.4 is 5.32 Å². The smallest absolute Gasteiger partial charge is 0.215 e. The Bertz CT molecular complexity index is 352. The van der Waals surface area contributed by atoms with Gasteiger partial charge in [-0.15, -0.1) is 0 Å². The van der Waals surface area contributed by atoms with Crippen LogP contribution in [0.5, 0.6) is 0 Å². The quantitative estimate of drug-likeness (QED) is 0.791. The average Bonchev–Trinajstić information content (AvgIpc) is 2.80. The van der Waals surface area contributed by atoms with Crippen molar-refractivity contribution in [3.05, 3.63) is 0 Å². The fraction of sp³-hybridized carbons (Fsp3) is 1.00. The first kappa shape index (κ1) is 14.2. The van der Waals surface area contributed by atoms with E-state index in [0.29, 0.717) is 25.6 Å². The summed E-state index contributed by atoms with van der Waals surface area (Å²) < 4.78 is 31.3. The Hall–Kier alpha value is -0.170. The maximum Gasteiger partial charge on any atom is 0.215 e. The van der Waals surface area contributed by atoms with Crippen LogP contribution in [0.1, 0.15) is 25.7 Å². The first-order valence-corrected chi connectivity index (χ1v) is 8.43. The molecule has 0 aromatic rings. The number of nitrogens with one attached hydrogen (secondary N) is 1. The number of hydrogen-bond acceptors (Lipinski definition) is 4. The SMILES string of the molecule is COCC1CCN(S(=O)(=O)CC2CCCCN2)C1. The second kappa shape index (κ2) is 6.32. The van der Waals surface area contributed by atoms with Crippen LogP contribution in [0.2, 0.25) is 0 Å². The van der Waals surface area contributed by atoms with Crippen LogP contribution in [-0.4, -0.2) is 57.9 Å². The highest BCUT2D eigenvalue weighted by Gasteiger charge is 2.33. The Balaban J connectivity index is 1.86. The van der Waals surface area contributed by atoms with Crippen molar-refractivity contribution in [3.63, 3.8) is 0 Å². The first-order valence-electron chi connectivity index (χ1n) is 6.82. The van der Waals surface area contributed by atoms with Gasteiger partial charge in [0, 0.05) is 26.2 Å². The van der Waals surface area contributed by atoms with Crippen molar-refractivity contribution in [2.24, 2.45) is 5.92 Å². The third-order valence-electron chi connectivity index (χ3n) is 3.87. The molecule has 2 unspecified atom stereocenters. The summed E-state index contributed by atoms with van der Waals surface area (Å²) in [5.41, 5.74) is 0. The van der Waals surface area contributed by atoms with Crippen molar-refractivity contribution in [2.75, 3.05) is 39.1 Å². The molecule has 6 heteroatoms. The minimum Gasteiger partial charge on any atom is -0.384 e. The van der Waals surface area contributed by atoms with E-state index in [2.05, 4.69) is 5.32 Å². The Labute approximate surface area is 110 Å². The number of methoxy groups -OCH3 is 1. The number of rotatable bonds is 5. The number of hydrogen-bond donors (Lipinski definition) is 1. The van der Waals surface area contributed by atoms with Crippen molar-refractivity contribution in [2.45, 2.75) is 31.7 Å². The van der Waals surface area contributed by atoms with Gasteiger partial charge in [-0.3, -0.25) is 0 Å². The summed E-state index contributed by atoms with van der Waals surface area (Å²) in [4.78, 5) is 0. The summed E-state index contributed by atoms with van der Waals surface area (Å²) in [6.45, 7) is 2.89. The van der Waals surface area contributed by atoms with Gasteiger partial charge in [0.15, 0.2) is 0 Å². The van der Waals surface area contributed by atoms with Crippen molar-refractivity contribution in [1.82, 2.24) is 9.62 Å². The summed E-state index contributed by atoms with van der Waals surface area (Å²) >= 11 is 0. The molecule has 2 atom stereocenters. The Morgan fingerprint density at radius 3 is 2.83 bits per heavy atom. The molecule has 0 saturated carbocycles. The average molecular weight is 276 g/mol. The molecule has 2 aliphatic heterocycles. The highest BCUT2D eigenvalue weighted by molar-refractivity contribution is 7.89. The van der Waals surface area contributed by atoms with Gasteiger partial charge in [0.05, 0.1) is 12.4 Å². The normalized spacial score (nSPS) is 30.7. The van der Waals surface area contributed by atoms with Gasteiger partial charge in [-0.1, -0.05) is 6.42 Å². The van der Waals surface area contributed by atoms with Crippen LogP contribution in [0.4, 0.5) is 0 Å². The zero-order valence-electron chi connectivity index (χ0n) is 11.1. The summed E-state index contributed by atoms with van der Waals surface area (Å²) in [6, 6.07) is 0.144. The Morgan fingerprint density at radius 2 is 2.17 bits per heavy atom. The van der Waals surface area contributed by atoms with E-state index in [-0.39, 0.29) is 11.8 Å². The van der Waals surface area contributed by atoms with Gasteiger partial charge in [0.25, 0.3) is 0 Å². The second-order valence-electron chi connectivity index (χ2n) is 5.39. The van der Waals surface area contributed by atoms with E-state index in [1.807, 2.05) is 0 Å². The van der Waals surface area contributed by atoms with Crippen LogP contribution in [-0.2, 0) is 14.8 Å². The minimum absolute atomic E-state index is 0.144. The van der Waals surface area contributed by atoms with Crippen molar-refractivity contribution in [1.29, 1.82) is 0 Å². The van der Waals surface area contributed by atoms with Crippen molar-refractivity contribution >= 4 is 10.0 Å². The standard InChI is InChI=1S/C12H24N2O3S/c1-17-9-11-5-7-14(8-11)18(15,16)10-12-4-2-3-6-13-12/h11-13H,2-10H2,1H3. The molecule has 0 aromatic heterocycles. The van der Waals surface area contributed by atoms with E-state index >= 15 is 0 Å². The summed E-state index contributed by atoms with van der Waals surface area (Å²) in [5, 5.41) is 3.30. The third-order valence-corrected chi connectivity index (χ3v) is 5.81. The van der Waals surface area contributed by atoms with E-state index < -0.39 is 10.0 Å². The molecular weight excluding hydrogens is 252 g/mol. The van der Waals surface area contributed by atoms with Crippen LogP contribution >= 0.6 is 0 Å². The molecule has 0 amide bonds. The lowest BCUT2D eigenvalue weighted by Crippen LogP contribution is -2.43. The predicted octanol–water partition coefficient (Wildman–Crippen LogP) is 0.427. The minimum atomic E-state index is -3.10. The van der Waals surface area contributed by atoms with Gasteiger partial charge in [0.1, 0.15) is 0 Å². The monoisotopic (exact) mass is 276 g/mol. The molecule has 106 valence electrons. The topological polar surface area (TPSA) is 58.6 Å². The number of nitrogens with zero attached hydrogens (tertiary/aromatic N) is 1. The number of ether oxygens (including phenoxy) is 1. The molecule has 0 spiro atoms. The van der Waals surface area contributed by atoms with Crippen LogP contribution in [0.3, 0.4) is 0 Å². The second-order valence-corrected chi connectivity index (χ2v) is 7.41. The molecular formula is C12H24N2O3S. The van der Waals surface area contributed by atoms with Gasteiger partial charge >= 0.3 is 0 Å². The Kier molecular flexibility index (Phi) is 5.00. The molecule has 2 saturated heterocycles. The Morgan fingerprint density at radius 1 is 1.33 bits per heavy atom. The van der Waals surface area contributed by atoms with Crippen molar-refractivity contribution < 1.29 is 13.2 Å². The first-order chi connectivity index (χ1) is 8.62. The molecule has 0 radical (unpaired) electrons. The largest absolute Gasteiger partial charge is 0.384 e. The molecule has 1 N–H and O–H groups in total. The van der Waals surface area contributed by atoms with E-state index in [9.17, 15) is 8.42 Å². The van der Waals surface area contributed by atoms with Gasteiger partial charge in [-0.2, -0.15) is 0 Å². The van der Waals surface area contributed by atoms with Gasteiger partial charge < -0.3 is 10.1 Å². The number of piperidine rings is 1. The van der Waals surface area contributed by atoms with Gasteiger partial charge in [-0.25, -0.2) is 12.7 Å². The fourth-order valence-electron chi connectivity index (χ4n) is 2.85. The molecule has 2 heterocycles. The zero-order chi connectivity index (χ0) is 13.0. The van der Waals surface area contributed by atoms with E-state index in [1.165, 1.54) is 0 Å². The summed E-state index contributed by atoms with van der Waals surface area (Å²) in [5.74, 6) is 0.622. The lowest BCUT2D eigenvalue weighted by Gasteiger charge is -2.25. The lowest BCUT2D eigenvalue weighted by atomic mass is 10.1. The molecule has 2 rings (SSSR count). The zero-order valence-corrected chi connectivity index (χ0v) is 11.9. The molecule has 2 aliphatic rings. The molecule has 0 aliphatic carbocycles. The lowest BCUT2D eigenvalue weighted by molar-refractivity contribution is 0.157. The highest BCUT2D eigenvalue weighted by atomic mass is 32.2. The number of sulfonamides is 1. The van der Waals surface area contributed by atoms with Crippen molar-refractivity contribution in [3.8, 4) is 0 Å². The summed E-state index contributed by atoms with van der Waals surface area (Å²) in [7, 11) is -1.43. The highest BCUT2D eigenvalue weighted by Crippen LogP contribution is 2.21. The maximum absolute atomic E-state index is 12.3. The molecule has 0 bridgehead atoms. The van der Waals surface area contributed by atoms with Crippen LogP contribution in [0.15, 0.2) is 0 Å². The maximum atomic E-state index is 12.3. The summed E-state index contributed by atoms with van der Waals surface area (Å²) in [6.07, 6.45) is 4.20.